The van der Waals surface area contributed by atoms with Crippen molar-refractivity contribution in [2.24, 2.45) is 0 Å². The van der Waals surface area contributed by atoms with Gasteiger partial charge in [-0.05, 0) is 30.3 Å². The van der Waals surface area contributed by atoms with Crippen molar-refractivity contribution in [2.45, 2.75) is 11.5 Å². The molecule has 0 unspecified atom stereocenters. The zero-order valence-corrected chi connectivity index (χ0v) is 18.2. The molecule has 0 N–H and O–H groups in total. The van der Waals surface area contributed by atoms with Gasteiger partial charge < -0.3 is 14.4 Å². The topological polar surface area (TPSA) is 76.2 Å². The fourth-order valence-corrected chi connectivity index (χ4v) is 4.14. The lowest BCUT2D eigenvalue weighted by Crippen LogP contribution is -2.37. The molecule has 1 heterocycles. The van der Waals surface area contributed by atoms with Gasteiger partial charge in [-0.1, -0.05) is 17.7 Å². The molecule has 1 aliphatic rings. The van der Waals surface area contributed by atoms with Crippen molar-refractivity contribution in [1.82, 2.24) is 4.31 Å². The van der Waals surface area contributed by atoms with Crippen LogP contribution >= 0.6 is 11.6 Å². The summed E-state index contributed by atoms with van der Waals surface area (Å²) in [6.07, 6.45) is 0. The first-order valence-electron chi connectivity index (χ1n) is 9.20. The third-order valence-corrected chi connectivity index (χ3v) is 6.86. The Labute approximate surface area is 180 Å². The number of halogens is 2. The molecule has 0 saturated carbocycles. The largest absolute Gasteiger partial charge is 0.457 e. The minimum atomic E-state index is -3.74. The van der Waals surface area contributed by atoms with Crippen LogP contribution < -0.4 is 4.90 Å². The number of anilines is 1. The molecule has 2 aromatic carbocycles. The molecule has 1 aliphatic heterocycles. The van der Waals surface area contributed by atoms with Crippen LogP contribution in [-0.4, -0.2) is 59.1 Å². The van der Waals surface area contributed by atoms with Gasteiger partial charge in [-0.3, -0.25) is 0 Å². The van der Waals surface area contributed by atoms with Crippen molar-refractivity contribution < 1.29 is 27.1 Å². The monoisotopic (exact) mass is 456 g/mol. The summed E-state index contributed by atoms with van der Waals surface area (Å²) in [5, 5.41) is 0.139. The number of benzene rings is 2. The third-order valence-electron chi connectivity index (χ3n) is 4.69. The summed E-state index contributed by atoms with van der Waals surface area (Å²) in [5.74, 6) is -1.20. The fourth-order valence-electron chi connectivity index (χ4n) is 2.99. The highest BCUT2D eigenvalue weighted by Gasteiger charge is 2.25. The van der Waals surface area contributed by atoms with Crippen LogP contribution in [0.5, 0.6) is 0 Å². The summed E-state index contributed by atoms with van der Waals surface area (Å²) in [6.45, 7) is 1.94. The summed E-state index contributed by atoms with van der Waals surface area (Å²) in [5.41, 5.74) is 1.13. The van der Waals surface area contributed by atoms with E-state index in [2.05, 4.69) is 0 Å². The number of nitrogens with zero attached hydrogens (tertiary/aromatic N) is 2. The van der Waals surface area contributed by atoms with Gasteiger partial charge in [0, 0.05) is 32.7 Å². The molecule has 0 radical (unpaired) electrons. The number of morpholine rings is 1. The first-order chi connectivity index (χ1) is 14.2. The average Bonchev–Trinajstić information content (AvgIpc) is 2.73. The Morgan fingerprint density at radius 2 is 1.90 bits per heavy atom. The Balaban J connectivity index is 1.93. The zero-order chi connectivity index (χ0) is 21.9. The molecule has 0 aliphatic carbocycles. The van der Waals surface area contributed by atoms with Gasteiger partial charge in [0.05, 0.1) is 34.4 Å². The predicted octanol–water partition coefficient (Wildman–Crippen LogP) is 2.92. The second kappa shape index (κ2) is 9.30. The number of rotatable bonds is 6. The van der Waals surface area contributed by atoms with Gasteiger partial charge in [-0.2, -0.15) is 0 Å². The molecule has 0 aromatic heterocycles. The highest BCUT2D eigenvalue weighted by molar-refractivity contribution is 7.89. The number of carbonyl (C=O) groups is 1. The number of hydrogen-bond acceptors (Lipinski definition) is 6. The Morgan fingerprint density at radius 1 is 1.20 bits per heavy atom. The lowest BCUT2D eigenvalue weighted by atomic mass is 10.1. The fraction of sp³-hybridized carbons (Fsp3) is 0.350. The van der Waals surface area contributed by atoms with E-state index in [0.717, 1.165) is 10.4 Å². The van der Waals surface area contributed by atoms with Gasteiger partial charge >= 0.3 is 5.97 Å². The molecule has 0 spiro atoms. The van der Waals surface area contributed by atoms with Crippen LogP contribution in [0.2, 0.25) is 5.02 Å². The minimum Gasteiger partial charge on any atom is -0.457 e. The SMILES string of the molecule is CN(C)S(=O)(=O)c1ccc(N2CCOCC2)c(C(=O)OCc2ccc(F)cc2Cl)c1. The predicted molar refractivity (Wildman–Crippen MR) is 111 cm³/mol. The van der Waals surface area contributed by atoms with E-state index in [0.29, 0.717) is 37.6 Å². The van der Waals surface area contributed by atoms with E-state index in [9.17, 15) is 17.6 Å². The molecule has 1 saturated heterocycles. The molecule has 2 aromatic rings. The molecule has 3 rings (SSSR count). The Morgan fingerprint density at radius 3 is 2.53 bits per heavy atom. The molecular formula is C20H22ClFN2O5S. The van der Waals surface area contributed by atoms with E-state index in [-0.39, 0.29) is 22.1 Å². The standard InChI is InChI=1S/C20H22ClFN2O5S/c1-23(2)30(26,27)16-5-6-19(24-7-9-28-10-8-24)17(12-16)20(25)29-13-14-3-4-15(22)11-18(14)21/h3-6,11-12H,7-10,13H2,1-2H3. The molecule has 7 nitrogen and oxygen atoms in total. The van der Waals surface area contributed by atoms with Gasteiger partial charge in [0.1, 0.15) is 12.4 Å². The van der Waals surface area contributed by atoms with Crippen molar-refractivity contribution in [1.29, 1.82) is 0 Å². The summed E-state index contributed by atoms with van der Waals surface area (Å²) >= 11 is 5.99. The summed E-state index contributed by atoms with van der Waals surface area (Å²) in [6, 6.07) is 8.17. The zero-order valence-electron chi connectivity index (χ0n) is 16.6. The molecule has 0 atom stereocenters. The highest BCUT2D eigenvalue weighted by Crippen LogP contribution is 2.28. The van der Waals surface area contributed by atoms with Crippen LogP contribution in [0.25, 0.3) is 0 Å². The smallest absolute Gasteiger partial charge is 0.340 e. The van der Waals surface area contributed by atoms with E-state index in [4.69, 9.17) is 21.1 Å². The second-order valence-electron chi connectivity index (χ2n) is 6.88. The summed E-state index contributed by atoms with van der Waals surface area (Å²) in [7, 11) is -0.907. The average molecular weight is 457 g/mol. The maximum atomic E-state index is 13.2. The molecule has 162 valence electrons. The first kappa shape index (κ1) is 22.5. The van der Waals surface area contributed by atoms with E-state index in [1.54, 1.807) is 6.07 Å². The lowest BCUT2D eigenvalue weighted by molar-refractivity contribution is 0.0472. The maximum absolute atomic E-state index is 13.2. The first-order valence-corrected chi connectivity index (χ1v) is 11.0. The van der Waals surface area contributed by atoms with Gasteiger partial charge in [0.25, 0.3) is 0 Å². The van der Waals surface area contributed by atoms with E-state index in [1.807, 2.05) is 4.90 Å². The van der Waals surface area contributed by atoms with Gasteiger partial charge in [-0.25, -0.2) is 21.9 Å². The van der Waals surface area contributed by atoms with Crippen LogP contribution in [0.4, 0.5) is 10.1 Å². The molecule has 30 heavy (non-hydrogen) atoms. The Bertz CT molecular complexity index is 1040. The summed E-state index contributed by atoms with van der Waals surface area (Å²) < 4.78 is 50.1. The number of carbonyl (C=O) groups excluding carboxylic acids is 1. The van der Waals surface area contributed by atoms with E-state index in [1.165, 1.54) is 38.4 Å². The van der Waals surface area contributed by atoms with Crippen molar-refractivity contribution >= 4 is 33.3 Å². The van der Waals surface area contributed by atoms with Crippen LogP contribution in [0.15, 0.2) is 41.3 Å². The maximum Gasteiger partial charge on any atom is 0.340 e. The van der Waals surface area contributed by atoms with Gasteiger partial charge in [-0.15, -0.1) is 0 Å². The van der Waals surface area contributed by atoms with Gasteiger partial charge in [0.2, 0.25) is 10.0 Å². The van der Waals surface area contributed by atoms with Crippen molar-refractivity contribution in [3.63, 3.8) is 0 Å². The van der Waals surface area contributed by atoms with Crippen molar-refractivity contribution in [3.05, 3.63) is 58.4 Å². The number of ether oxygens (including phenoxy) is 2. The van der Waals surface area contributed by atoms with Crippen molar-refractivity contribution in [3.8, 4) is 0 Å². The van der Waals surface area contributed by atoms with Crippen molar-refractivity contribution in [2.75, 3.05) is 45.3 Å². The second-order valence-corrected chi connectivity index (χ2v) is 9.44. The molecule has 0 amide bonds. The molecule has 1 fully saturated rings. The van der Waals surface area contributed by atoms with Crippen LogP contribution in [0, 0.1) is 5.82 Å². The molecule has 0 bridgehead atoms. The Kier molecular flexibility index (Phi) is 6.97. The van der Waals surface area contributed by atoms with Gasteiger partial charge in [0.15, 0.2) is 0 Å². The molecular weight excluding hydrogens is 435 g/mol. The molecule has 10 heteroatoms. The quantitative estimate of drug-likeness (QED) is 0.622. The van der Waals surface area contributed by atoms with Crippen LogP contribution in [-0.2, 0) is 26.1 Å². The van der Waals surface area contributed by atoms with Crippen LogP contribution in [0.1, 0.15) is 15.9 Å². The third kappa shape index (κ3) is 4.92. The Hall–Kier alpha value is -2.20. The number of hydrogen-bond donors (Lipinski definition) is 0. The van der Waals surface area contributed by atoms with Crippen LogP contribution in [0.3, 0.4) is 0 Å². The van der Waals surface area contributed by atoms with E-state index < -0.39 is 21.8 Å². The minimum absolute atomic E-state index is 0.0173. The normalized spacial score (nSPS) is 14.8. The number of esters is 1. The van der Waals surface area contributed by atoms with E-state index >= 15 is 0 Å². The highest BCUT2D eigenvalue weighted by atomic mass is 35.5. The number of sulfonamides is 1. The summed E-state index contributed by atoms with van der Waals surface area (Å²) in [4.78, 5) is 14.8. The lowest BCUT2D eigenvalue weighted by Gasteiger charge is -2.30.